The Hall–Kier alpha value is -0.940. The largest absolute Gasteiger partial charge is 0.388 e. The predicted molar refractivity (Wildman–Crippen MR) is 40.2 cm³/mol. The highest BCUT2D eigenvalue weighted by Gasteiger charge is 2.31. The zero-order valence-electron chi connectivity index (χ0n) is 6.60. The van der Waals surface area contributed by atoms with Crippen LogP contribution in [0.2, 0.25) is 0 Å². The van der Waals surface area contributed by atoms with Crippen LogP contribution in [-0.4, -0.2) is 21.3 Å². The van der Waals surface area contributed by atoms with E-state index in [-0.39, 0.29) is 12.6 Å². The van der Waals surface area contributed by atoms with Crippen LogP contribution < -0.4 is 5.73 Å². The fraction of sp³-hybridized carbons (Fsp3) is 0.714. The van der Waals surface area contributed by atoms with E-state index in [1.807, 2.05) is 0 Å². The lowest BCUT2D eigenvalue weighted by Crippen LogP contribution is -2.34. The van der Waals surface area contributed by atoms with Crippen LogP contribution in [0.25, 0.3) is 0 Å². The molecule has 0 unspecified atom stereocenters. The fourth-order valence-electron chi connectivity index (χ4n) is 1.36. The molecule has 1 aliphatic carbocycles. The van der Waals surface area contributed by atoms with Gasteiger partial charge in [-0.2, -0.15) is 4.98 Å². The summed E-state index contributed by atoms with van der Waals surface area (Å²) >= 11 is 0. The number of rotatable bonds is 2. The summed E-state index contributed by atoms with van der Waals surface area (Å²) in [5, 5.41) is 12.3. The number of nitrogens with two attached hydrogens (primary N) is 1. The number of aliphatic hydroxyl groups is 1. The van der Waals surface area contributed by atoms with Gasteiger partial charge < -0.3 is 15.4 Å². The number of nitrogens with zero attached hydrogens (tertiary/aromatic N) is 2. The molecule has 1 aromatic rings. The summed E-state index contributed by atoms with van der Waals surface area (Å²) in [5.41, 5.74) is 5.61. The highest BCUT2D eigenvalue weighted by molar-refractivity contribution is 5.02. The molecule has 1 heterocycles. The first kappa shape index (κ1) is 7.70. The SMILES string of the molecule is N[C@H]1C[C@@H](c2nc(CO)no2)C1. The minimum absolute atomic E-state index is 0.164. The molecule has 1 saturated carbocycles. The Morgan fingerprint density at radius 3 is 2.83 bits per heavy atom. The Morgan fingerprint density at radius 2 is 2.33 bits per heavy atom. The van der Waals surface area contributed by atoms with Crippen LogP contribution in [0, 0.1) is 0 Å². The highest BCUT2D eigenvalue weighted by atomic mass is 16.5. The van der Waals surface area contributed by atoms with Crippen molar-refractivity contribution in [1.29, 1.82) is 0 Å². The van der Waals surface area contributed by atoms with Crippen LogP contribution in [0.3, 0.4) is 0 Å². The molecule has 1 fully saturated rings. The Balaban J connectivity index is 2.04. The third-order valence-electron chi connectivity index (χ3n) is 2.15. The molecule has 0 amide bonds. The molecule has 0 atom stereocenters. The molecule has 12 heavy (non-hydrogen) atoms. The number of hydrogen-bond acceptors (Lipinski definition) is 5. The van der Waals surface area contributed by atoms with Gasteiger partial charge in [0.05, 0.1) is 0 Å². The molecule has 1 aromatic heterocycles. The van der Waals surface area contributed by atoms with E-state index in [0.717, 1.165) is 12.8 Å². The first-order chi connectivity index (χ1) is 5.79. The second-order valence-electron chi connectivity index (χ2n) is 3.14. The van der Waals surface area contributed by atoms with Gasteiger partial charge in [0.25, 0.3) is 0 Å². The Kier molecular flexibility index (Phi) is 1.82. The first-order valence-corrected chi connectivity index (χ1v) is 3.98. The van der Waals surface area contributed by atoms with E-state index in [2.05, 4.69) is 10.1 Å². The summed E-state index contributed by atoms with van der Waals surface area (Å²) in [6.45, 7) is -0.164. The van der Waals surface area contributed by atoms with Gasteiger partial charge >= 0.3 is 0 Å². The molecule has 0 radical (unpaired) electrons. The van der Waals surface area contributed by atoms with E-state index in [0.29, 0.717) is 17.6 Å². The number of hydrogen-bond donors (Lipinski definition) is 2. The van der Waals surface area contributed by atoms with Crippen LogP contribution in [0.15, 0.2) is 4.52 Å². The minimum Gasteiger partial charge on any atom is -0.388 e. The molecule has 2 rings (SSSR count). The maximum atomic E-state index is 8.67. The van der Waals surface area contributed by atoms with Crippen LogP contribution in [0.1, 0.15) is 30.5 Å². The van der Waals surface area contributed by atoms with Gasteiger partial charge in [-0.05, 0) is 12.8 Å². The van der Waals surface area contributed by atoms with E-state index < -0.39 is 0 Å². The summed E-state index contributed by atoms with van der Waals surface area (Å²) in [6.07, 6.45) is 1.82. The van der Waals surface area contributed by atoms with Crippen LogP contribution in [-0.2, 0) is 6.61 Å². The summed E-state index contributed by atoms with van der Waals surface area (Å²) in [6, 6.07) is 0.277. The molecule has 5 nitrogen and oxygen atoms in total. The second-order valence-corrected chi connectivity index (χ2v) is 3.14. The molecule has 0 aromatic carbocycles. The standard InChI is InChI=1S/C7H11N3O2/c8-5-1-4(2-5)7-9-6(3-11)10-12-7/h4-5,11H,1-3,8H2/t4-,5+. The van der Waals surface area contributed by atoms with Crippen molar-refractivity contribution in [3.63, 3.8) is 0 Å². The summed E-state index contributed by atoms with van der Waals surface area (Å²) < 4.78 is 4.93. The van der Waals surface area contributed by atoms with Crippen molar-refractivity contribution in [3.05, 3.63) is 11.7 Å². The molecule has 0 aliphatic heterocycles. The van der Waals surface area contributed by atoms with Crippen molar-refractivity contribution in [1.82, 2.24) is 10.1 Å². The van der Waals surface area contributed by atoms with Crippen LogP contribution in [0.5, 0.6) is 0 Å². The third-order valence-corrected chi connectivity index (χ3v) is 2.15. The minimum atomic E-state index is -0.164. The Bertz CT molecular complexity index is 267. The number of aromatic nitrogens is 2. The van der Waals surface area contributed by atoms with Crippen molar-refractivity contribution >= 4 is 0 Å². The van der Waals surface area contributed by atoms with Gasteiger partial charge in [0.15, 0.2) is 5.82 Å². The second kappa shape index (κ2) is 2.84. The van der Waals surface area contributed by atoms with Crippen molar-refractivity contribution in [2.24, 2.45) is 5.73 Å². The van der Waals surface area contributed by atoms with Crippen molar-refractivity contribution < 1.29 is 9.63 Å². The lowest BCUT2D eigenvalue weighted by Gasteiger charge is -2.28. The van der Waals surface area contributed by atoms with Gasteiger partial charge in [-0.1, -0.05) is 5.16 Å². The van der Waals surface area contributed by atoms with Crippen molar-refractivity contribution in [3.8, 4) is 0 Å². The smallest absolute Gasteiger partial charge is 0.229 e. The van der Waals surface area contributed by atoms with Gasteiger partial charge in [0, 0.05) is 12.0 Å². The van der Waals surface area contributed by atoms with Gasteiger partial charge in [-0.15, -0.1) is 0 Å². The van der Waals surface area contributed by atoms with Crippen molar-refractivity contribution in [2.75, 3.05) is 0 Å². The van der Waals surface area contributed by atoms with Crippen LogP contribution in [0.4, 0.5) is 0 Å². The van der Waals surface area contributed by atoms with Crippen LogP contribution >= 0.6 is 0 Å². The van der Waals surface area contributed by atoms with E-state index in [9.17, 15) is 0 Å². The van der Waals surface area contributed by atoms with Gasteiger partial charge in [-0.25, -0.2) is 0 Å². The van der Waals surface area contributed by atoms with E-state index in [1.165, 1.54) is 0 Å². The zero-order chi connectivity index (χ0) is 8.55. The molecule has 1 aliphatic rings. The molecule has 3 N–H and O–H groups in total. The quantitative estimate of drug-likeness (QED) is 0.638. The molecule has 0 spiro atoms. The summed E-state index contributed by atoms with van der Waals surface area (Å²) in [5.74, 6) is 1.28. The predicted octanol–water partition coefficient (Wildman–Crippen LogP) is -0.233. The van der Waals surface area contributed by atoms with Gasteiger partial charge in [0.1, 0.15) is 6.61 Å². The summed E-state index contributed by atoms with van der Waals surface area (Å²) in [4.78, 5) is 4.00. The topological polar surface area (TPSA) is 85.2 Å². The average molecular weight is 169 g/mol. The number of aliphatic hydroxyl groups excluding tert-OH is 1. The first-order valence-electron chi connectivity index (χ1n) is 3.98. The summed E-state index contributed by atoms with van der Waals surface area (Å²) in [7, 11) is 0. The molecule has 0 bridgehead atoms. The molecular formula is C7H11N3O2. The third kappa shape index (κ3) is 1.21. The van der Waals surface area contributed by atoms with Crippen molar-refractivity contribution in [2.45, 2.75) is 31.4 Å². The lowest BCUT2D eigenvalue weighted by molar-refractivity contribution is 0.251. The lowest BCUT2D eigenvalue weighted by atomic mass is 9.81. The molecule has 0 saturated heterocycles. The highest BCUT2D eigenvalue weighted by Crippen LogP contribution is 2.34. The van der Waals surface area contributed by atoms with E-state index in [1.54, 1.807) is 0 Å². The Labute approximate surface area is 69.6 Å². The fourth-order valence-corrected chi connectivity index (χ4v) is 1.36. The maximum absolute atomic E-state index is 8.67. The average Bonchev–Trinajstić information content (AvgIpc) is 2.46. The zero-order valence-corrected chi connectivity index (χ0v) is 6.60. The van der Waals surface area contributed by atoms with Gasteiger partial charge in [-0.3, -0.25) is 0 Å². The molecular weight excluding hydrogens is 158 g/mol. The van der Waals surface area contributed by atoms with E-state index >= 15 is 0 Å². The maximum Gasteiger partial charge on any atom is 0.229 e. The monoisotopic (exact) mass is 169 g/mol. The molecule has 5 heteroatoms. The van der Waals surface area contributed by atoms with E-state index in [4.69, 9.17) is 15.4 Å². The molecule has 66 valence electrons. The van der Waals surface area contributed by atoms with Gasteiger partial charge in [0.2, 0.25) is 5.89 Å². The Morgan fingerprint density at radius 1 is 1.58 bits per heavy atom. The normalized spacial score (nSPS) is 28.5.